The van der Waals surface area contributed by atoms with Crippen molar-refractivity contribution in [2.75, 3.05) is 19.0 Å². The molecule has 1 aliphatic heterocycles. The summed E-state index contributed by atoms with van der Waals surface area (Å²) >= 11 is 1.46. The fourth-order valence-electron chi connectivity index (χ4n) is 2.88. The van der Waals surface area contributed by atoms with Crippen LogP contribution >= 0.6 is 11.8 Å². The Morgan fingerprint density at radius 1 is 1.17 bits per heavy atom. The molecule has 0 spiro atoms. The van der Waals surface area contributed by atoms with E-state index in [1.54, 1.807) is 0 Å². The minimum absolute atomic E-state index is 0.0405. The zero-order chi connectivity index (χ0) is 16.2. The summed E-state index contributed by atoms with van der Waals surface area (Å²) in [6.07, 6.45) is 8.04. The number of nitrogens with one attached hydrogen (secondary N) is 1. The Labute approximate surface area is 142 Å². The van der Waals surface area contributed by atoms with Crippen LogP contribution < -0.4 is 10.2 Å². The Morgan fingerprint density at radius 3 is 2.52 bits per heavy atom. The number of hydrogen-bond donors (Lipinski definition) is 1. The first-order valence-electron chi connectivity index (χ1n) is 8.18. The molecule has 5 heteroatoms. The molecule has 0 unspecified atom stereocenters. The summed E-state index contributed by atoms with van der Waals surface area (Å²) in [5, 5.41) is 3.66. The van der Waals surface area contributed by atoms with Crippen LogP contribution in [0, 0.1) is 0 Å². The Hall–Kier alpha value is -1.75. The second kappa shape index (κ2) is 7.21. The Balaban J connectivity index is 1.70. The zero-order valence-corrected chi connectivity index (χ0v) is 14.5. The number of amides is 1. The van der Waals surface area contributed by atoms with Crippen molar-refractivity contribution in [3.05, 3.63) is 34.7 Å². The fourth-order valence-corrected chi connectivity index (χ4v) is 3.78. The molecular weight excluding hydrogens is 306 g/mol. The van der Waals surface area contributed by atoms with E-state index in [0.29, 0.717) is 6.04 Å². The molecule has 1 saturated carbocycles. The number of carbonyl (C=O) groups excluding carboxylic acids is 1. The summed E-state index contributed by atoms with van der Waals surface area (Å²) in [6, 6.07) is 8.56. The van der Waals surface area contributed by atoms with Crippen molar-refractivity contribution in [3.63, 3.8) is 0 Å². The van der Waals surface area contributed by atoms with Crippen molar-refractivity contribution in [2.24, 2.45) is 4.99 Å². The highest BCUT2D eigenvalue weighted by atomic mass is 32.2. The second-order valence-corrected chi connectivity index (χ2v) is 7.31. The summed E-state index contributed by atoms with van der Waals surface area (Å²) in [4.78, 5) is 19.6. The number of thioether (sulfide) groups is 1. The first-order valence-corrected chi connectivity index (χ1v) is 8.99. The number of amidine groups is 1. The van der Waals surface area contributed by atoms with E-state index in [9.17, 15) is 4.79 Å². The number of nitrogens with zero attached hydrogens (tertiary/aromatic N) is 2. The van der Waals surface area contributed by atoms with Crippen LogP contribution in [0.15, 0.2) is 34.2 Å². The third kappa shape index (κ3) is 4.16. The van der Waals surface area contributed by atoms with Crippen molar-refractivity contribution in [1.82, 2.24) is 5.32 Å². The number of rotatable bonds is 3. The smallest absolute Gasteiger partial charge is 0.264 e. The molecule has 23 heavy (non-hydrogen) atoms. The average molecular weight is 329 g/mol. The maximum atomic E-state index is 12.1. The van der Waals surface area contributed by atoms with Gasteiger partial charge in [-0.1, -0.05) is 31.4 Å². The molecule has 1 aromatic rings. The van der Waals surface area contributed by atoms with Crippen molar-refractivity contribution in [1.29, 1.82) is 0 Å². The van der Waals surface area contributed by atoms with Gasteiger partial charge in [-0.3, -0.25) is 9.79 Å². The predicted octanol–water partition coefficient (Wildman–Crippen LogP) is 3.65. The average Bonchev–Trinajstić information content (AvgIpc) is 2.88. The lowest BCUT2D eigenvalue weighted by Gasteiger charge is -2.17. The van der Waals surface area contributed by atoms with Crippen LogP contribution in [0.25, 0.3) is 6.08 Å². The number of anilines is 1. The summed E-state index contributed by atoms with van der Waals surface area (Å²) in [5.74, 6) is -0.0405. The van der Waals surface area contributed by atoms with Crippen molar-refractivity contribution >= 4 is 34.6 Å². The van der Waals surface area contributed by atoms with Crippen LogP contribution in [0.4, 0.5) is 5.69 Å². The second-order valence-electron chi connectivity index (χ2n) is 6.28. The van der Waals surface area contributed by atoms with Gasteiger partial charge in [0.05, 0.1) is 10.9 Å². The molecule has 2 fully saturated rings. The van der Waals surface area contributed by atoms with E-state index in [4.69, 9.17) is 4.99 Å². The predicted molar refractivity (Wildman–Crippen MR) is 98.8 cm³/mol. The molecular formula is C18H23N3OS. The lowest BCUT2D eigenvalue weighted by atomic mass is 9.96. The molecule has 0 bridgehead atoms. The molecule has 0 atom stereocenters. The molecule has 3 rings (SSSR count). The van der Waals surface area contributed by atoms with E-state index in [0.717, 1.165) is 34.2 Å². The molecule has 1 saturated heterocycles. The first-order chi connectivity index (χ1) is 11.1. The van der Waals surface area contributed by atoms with Gasteiger partial charge >= 0.3 is 0 Å². The van der Waals surface area contributed by atoms with Crippen LogP contribution in [0.5, 0.6) is 0 Å². The van der Waals surface area contributed by atoms with Gasteiger partial charge in [0.15, 0.2) is 5.17 Å². The normalized spacial score (nSPS) is 22.6. The van der Waals surface area contributed by atoms with Gasteiger partial charge < -0.3 is 10.2 Å². The van der Waals surface area contributed by atoms with Gasteiger partial charge in [-0.25, -0.2) is 0 Å². The minimum atomic E-state index is -0.0405. The van der Waals surface area contributed by atoms with E-state index < -0.39 is 0 Å². The molecule has 1 amide bonds. The first kappa shape index (κ1) is 16.1. The molecule has 4 nitrogen and oxygen atoms in total. The monoisotopic (exact) mass is 329 g/mol. The molecule has 2 aliphatic rings. The molecule has 122 valence electrons. The summed E-state index contributed by atoms with van der Waals surface area (Å²) in [7, 11) is 4.03. The molecule has 0 radical (unpaired) electrons. The molecule has 1 aromatic carbocycles. The summed E-state index contributed by atoms with van der Waals surface area (Å²) < 4.78 is 0. The van der Waals surface area contributed by atoms with Gasteiger partial charge in [0.2, 0.25) is 0 Å². The van der Waals surface area contributed by atoms with Gasteiger partial charge in [0, 0.05) is 19.8 Å². The van der Waals surface area contributed by atoms with E-state index in [1.165, 1.54) is 31.0 Å². The van der Waals surface area contributed by atoms with Crippen LogP contribution in [0.3, 0.4) is 0 Å². The van der Waals surface area contributed by atoms with Crippen LogP contribution in [-0.2, 0) is 4.79 Å². The van der Waals surface area contributed by atoms with Crippen LogP contribution in [0.1, 0.15) is 37.7 Å². The van der Waals surface area contributed by atoms with Gasteiger partial charge in [0.1, 0.15) is 0 Å². The number of aliphatic imine (C=N–C) groups is 1. The highest BCUT2D eigenvalue weighted by Gasteiger charge is 2.25. The number of benzene rings is 1. The van der Waals surface area contributed by atoms with Crippen molar-refractivity contribution in [2.45, 2.75) is 38.1 Å². The van der Waals surface area contributed by atoms with Gasteiger partial charge in [-0.05, 0) is 48.4 Å². The van der Waals surface area contributed by atoms with Crippen LogP contribution in [-0.4, -0.2) is 31.2 Å². The maximum Gasteiger partial charge on any atom is 0.264 e. The van der Waals surface area contributed by atoms with Gasteiger partial charge in [-0.2, -0.15) is 0 Å². The largest absolute Gasteiger partial charge is 0.378 e. The molecule has 1 N–H and O–H groups in total. The highest BCUT2D eigenvalue weighted by Crippen LogP contribution is 2.29. The topological polar surface area (TPSA) is 44.7 Å². The molecule has 1 heterocycles. The lowest BCUT2D eigenvalue weighted by Crippen LogP contribution is -2.22. The zero-order valence-electron chi connectivity index (χ0n) is 13.7. The number of hydrogen-bond acceptors (Lipinski definition) is 4. The van der Waals surface area contributed by atoms with Crippen molar-refractivity contribution < 1.29 is 4.79 Å². The number of carbonyl (C=O) groups is 1. The Bertz CT molecular complexity index is 628. The van der Waals surface area contributed by atoms with E-state index in [1.807, 2.05) is 32.3 Å². The maximum absolute atomic E-state index is 12.1. The van der Waals surface area contributed by atoms with Gasteiger partial charge in [-0.15, -0.1) is 0 Å². The third-order valence-corrected chi connectivity index (χ3v) is 5.16. The molecule has 1 aliphatic carbocycles. The third-order valence-electron chi connectivity index (χ3n) is 4.23. The highest BCUT2D eigenvalue weighted by molar-refractivity contribution is 8.18. The lowest BCUT2D eigenvalue weighted by molar-refractivity contribution is -0.115. The van der Waals surface area contributed by atoms with Gasteiger partial charge in [0.25, 0.3) is 5.91 Å². The Morgan fingerprint density at radius 2 is 1.87 bits per heavy atom. The SMILES string of the molecule is CN(C)c1ccc(C=C2SC(=NC3CCCCC3)NC2=O)cc1. The van der Waals surface area contributed by atoms with Crippen LogP contribution in [0.2, 0.25) is 0 Å². The molecule has 0 aromatic heterocycles. The summed E-state index contributed by atoms with van der Waals surface area (Å²) in [6.45, 7) is 0. The standard InChI is InChI=1S/C18H23N3OS/c1-21(2)15-10-8-13(9-11-15)12-16-17(22)20-18(23-16)19-14-6-4-3-5-7-14/h8-12,14H,3-7H2,1-2H3,(H,19,20,22). The Kier molecular flexibility index (Phi) is 5.06. The quantitative estimate of drug-likeness (QED) is 0.861. The van der Waals surface area contributed by atoms with Crippen molar-refractivity contribution in [3.8, 4) is 0 Å². The van der Waals surface area contributed by atoms with E-state index in [-0.39, 0.29) is 5.91 Å². The summed E-state index contributed by atoms with van der Waals surface area (Å²) in [5.41, 5.74) is 2.18. The van der Waals surface area contributed by atoms with E-state index in [2.05, 4.69) is 22.3 Å². The van der Waals surface area contributed by atoms with E-state index >= 15 is 0 Å². The fraction of sp³-hybridized carbons (Fsp3) is 0.444. The minimum Gasteiger partial charge on any atom is -0.378 e.